The van der Waals surface area contributed by atoms with Crippen LogP contribution in [0.15, 0.2) is 194 Å². The molecule has 0 fully saturated rings. The number of halogens is 8. The highest BCUT2D eigenvalue weighted by Crippen LogP contribution is 2.49. The molecule has 12 heteroatoms. The minimum Gasteiger partial charge on any atom is -0.507 e. The van der Waals surface area contributed by atoms with Gasteiger partial charge in [-0.05, 0) is 130 Å². The molecule has 10 aromatic carbocycles. The van der Waals surface area contributed by atoms with Crippen LogP contribution in [0.5, 0.6) is 23.0 Å². The van der Waals surface area contributed by atoms with Crippen LogP contribution in [0, 0.1) is 46.5 Å². The van der Waals surface area contributed by atoms with Gasteiger partial charge in [0.15, 0.2) is 34.9 Å². The highest BCUT2D eigenvalue weighted by atomic mass is 19.2. The number of hydrogen-bond donors (Lipinski definition) is 2. The Morgan fingerprint density at radius 1 is 0.325 bits per heavy atom. The average Bonchev–Trinajstić information content (AvgIpc) is 3.47. The van der Waals surface area contributed by atoms with Gasteiger partial charge in [0.2, 0.25) is 0 Å². The standard InChI is InChI=1S/C65H44F8O4/c1-36(76-56-34-54(68)60(70)62(72)58(56)52-32-48(66)30-50(64(52)74)46-26-42(38-15-7-3-8-16-38)24-43(27-46)39-17-9-4-10-18-39)23-37(2)77-57-35-55(69)61(71)63(73)59(57)53-33-49(67)31-51(65(53)75)47-28-44(40-19-11-5-12-20-40)25-45(29-47)41-21-13-6-14-22-41/h3-22,24-37,74-75H,23H2,1-2H3/t36-,37+. The zero-order chi connectivity index (χ0) is 54.1. The Morgan fingerprint density at radius 2 is 0.597 bits per heavy atom. The van der Waals surface area contributed by atoms with Crippen LogP contribution < -0.4 is 9.47 Å². The van der Waals surface area contributed by atoms with Crippen LogP contribution in [-0.2, 0) is 0 Å². The zero-order valence-corrected chi connectivity index (χ0v) is 41.1. The van der Waals surface area contributed by atoms with Gasteiger partial charge in [-0.25, -0.2) is 35.1 Å². The predicted molar refractivity (Wildman–Crippen MR) is 284 cm³/mol. The summed E-state index contributed by atoms with van der Waals surface area (Å²) in [6, 6.07) is 52.3. The molecule has 384 valence electrons. The molecule has 0 aliphatic carbocycles. The lowest BCUT2D eigenvalue weighted by Crippen LogP contribution is -2.23. The van der Waals surface area contributed by atoms with E-state index in [1.807, 2.05) is 133 Å². The van der Waals surface area contributed by atoms with Crippen LogP contribution in [0.4, 0.5) is 35.1 Å². The van der Waals surface area contributed by atoms with Crippen LogP contribution >= 0.6 is 0 Å². The van der Waals surface area contributed by atoms with E-state index < -0.39 is 104 Å². The molecule has 0 unspecified atom stereocenters. The van der Waals surface area contributed by atoms with Gasteiger partial charge in [0.25, 0.3) is 0 Å². The highest BCUT2D eigenvalue weighted by molar-refractivity contribution is 5.90. The van der Waals surface area contributed by atoms with E-state index in [1.165, 1.54) is 13.8 Å². The number of phenolic OH excluding ortho intramolecular Hbond substituents is 2. The lowest BCUT2D eigenvalue weighted by molar-refractivity contribution is 0.130. The van der Waals surface area contributed by atoms with Gasteiger partial charge in [0.1, 0.15) is 34.6 Å². The second kappa shape index (κ2) is 21.6. The molecule has 0 aliphatic rings. The summed E-state index contributed by atoms with van der Waals surface area (Å²) in [5.41, 5.74) is 3.55. The molecule has 0 radical (unpaired) electrons. The van der Waals surface area contributed by atoms with Crippen molar-refractivity contribution in [3.63, 3.8) is 0 Å². The molecule has 0 amide bonds. The first-order chi connectivity index (χ1) is 37.1. The van der Waals surface area contributed by atoms with Gasteiger partial charge in [-0.3, -0.25) is 0 Å². The summed E-state index contributed by atoms with van der Waals surface area (Å²) in [6.45, 7) is 2.84. The van der Waals surface area contributed by atoms with Crippen LogP contribution in [0.2, 0.25) is 0 Å². The average molecular weight is 1040 g/mol. The molecular formula is C65H44F8O4. The highest BCUT2D eigenvalue weighted by Gasteiger charge is 2.30. The van der Waals surface area contributed by atoms with Gasteiger partial charge >= 0.3 is 0 Å². The topological polar surface area (TPSA) is 58.9 Å². The molecule has 2 atom stereocenters. The summed E-state index contributed by atoms with van der Waals surface area (Å²) in [7, 11) is 0. The molecule has 77 heavy (non-hydrogen) atoms. The minimum atomic E-state index is -1.93. The Bertz CT molecular complexity index is 3450. The molecular weight excluding hydrogens is 997 g/mol. The summed E-state index contributed by atoms with van der Waals surface area (Å²) in [4.78, 5) is 0. The van der Waals surface area contributed by atoms with E-state index in [1.54, 1.807) is 24.3 Å². The first kappa shape index (κ1) is 51.3. The maximum atomic E-state index is 16.2. The first-order valence-electron chi connectivity index (χ1n) is 24.4. The maximum Gasteiger partial charge on any atom is 0.195 e. The normalized spacial score (nSPS) is 12.1. The van der Waals surface area contributed by atoms with Crippen molar-refractivity contribution in [3.05, 3.63) is 241 Å². The number of hydrogen-bond acceptors (Lipinski definition) is 4. The number of benzene rings is 10. The Hall–Kier alpha value is -9.16. The third kappa shape index (κ3) is 10.6. The van der Waals surface area contributed by atoms with E-state index in [4.69, 9.17) is 9.47 Å². The summed E-state index contributed by atoms with van der Waals surface area (Å²) < 4.78 is 137. The van der Waals surface area contributed by atoms with Gasteiger partial charge < -0.3 is 19.7 Å². The summed E-state index contributed by atoms with van der Waals surface area (Å²) in [5.74, 6) is -15.4. The largest absolute Gasteiger partial charge is 0.507 e. The van der Waals surface area contributed by atoms with E-state index in [2.05, 4.69) is 0 Å². The van der Waals surface area contributed by atoms with E-state index in [9.17, 15) is 10.2 Å². The quantitative estimate of drug-likeness (QED) is 0.0842. The fourth-order valence-corrected chi connectivity index (χ4v) is 9.61. The monoisotopic (exact) mass is 1040 g/mol. The maximum absolute atomic E-state index is 16.2. The molecule has 0 aromatic heterocycles. The van der Waals surface area contributed by atoms with Crippen LogP contribution in [-0.4, -0.2) is 22.4 Å². The van der Waals surface area contributed by atoms with Gasteiger partial charge in [-0.15, -0.1) is 0 Å². The van der Waals surface area contributed by atoms with Crippen LogP contribution in [0.1, 0.15) is 20.3 Å². The van der Waals surface area contributed by atoms with Gasteiger partial charge in [0, 0.05) is 40.8 Å². The summed E-state index contributed by atoms with van der Waals surface area (Å²) >= 11 is 0. The van der Waals surface area contributed by atoms with Crippen molar-refractivity contribution in [1.82, 2.24) is 0 Å². The zero-order valence-electron chi connectivity index (χ0n) is 41.1. The van der Waals surface area contributed by atoms with E-state index in [0.717, 1.165) is 46.5 Å². The predicted octanol–water partition coefficient (Wildman–Crippen LogP) is 18.2. The van der Waals surface area contributed by atoms with E-state index in [0.29, 0.717) is 45.5 Å². The van der Waals surface area contributed by atoms with Crippen molar-refractivity contribution < 1.29 is 54.8 Å². The molecule has 0 heterocycles. The van der Waals surface area contributed by atoms with Crippen molar-refractivity contribution in [2.24, 2.45) is 0 Å². The molecule has 0 saturated heterocycles. The van der Waals surface area contributed by atoms with Gasteiger partial charge in [-0.2, -0.15) is 0 Å². The molecule has 0 spiro atoms. The minimum absolute atomic E-state index is 0.108. The van der Waals surface area contributed by atoms with E-state index in [-0.39, 0.29) is 17.5 Å². The lowest BCUT2D eigenvalue weighted by atomic mass is 9.91. The first-order valence-corrected chi connectivity index (χ1v) is 24.4. The Labute approximate surface area is 438 Å². The fourth-order valence-electron chi connectivity index (χ4n) is 9.61. The number of ether oxygens (including phenoxy) is 2. The van der Waals surface area contributed by atoms with Crippen molar-refractivity contribution in [3.8, 4) is 112 Å². The number of rotatable bonds is 14. The Morgan fingerprint density at radius 3 is 0.896 bits per heavy atom. The summed E-state index contributed by atoms with van der Waals surface area (Å²) in [5, 5.41) is 23.9. The Kier molecular flexibility index (Phi) is 14.4. The second-order valence-electron chi connectivity index (χ2n) is 18.6. The SMILES string of the molecule is C[C@H](C[C@H](C)Oc1cc(F)c(F)c(F)c1-c1cc(F)cc(-c2cc(-c3ccccc3)cc(-c3ccccc3)c2)c1O)Oc1cc(F)c(F)c(F)c1-c1cc(F)cc(-c2cc(-c3ccccc3)cc(-c3ccccc3)c2)c1O. The lowest BCUT2D eigenvalue weighted by Gasteiger charge is -2.24. The molecule has 0 aliphatic heterocycles. The van der Waals surface area contributed by atoms with Crippen LogP contribution in [0.25, 0.3) is 89.0 Å². The van der Waals surface area contributed by atoms with Crippen LogP contribution in [0.3, 0.4) is 0 Å². The molecule has 10 aromatic rings. The number of aromatic hydroxyl groups is 2. The smallest absolute Gasteiger partial charge is 0.195 e. The summed E-state index contributed by atoms with van der Waals surface area (Å²) in [6.07, 6.45) is -2.56. The molecule has 4 nitrogen and oxygen atoms in total. The number of phenols is 2. The second-order valence-corrected chi connectivity index (χ2v) is 18.6. The molecule has 0 bridgehead atoms. The third-order valence-electron chi connectivity index (χ3n) is 13.2. The van der Waals surface area contributed by atoms with Gasteiger partial charge in [0.05, 0.1) is 23.3 Å². The fraction of sp³-hybridized carbons (Fsp3) is 0.0769. The van der Waals surface area contributed by atoms with Crippen molar-refractivity contribution >= 4 is 0 Å². The molecule has 10 rings (SSSR count). The van der Waals surface area contributed by atoms with Gasteiger partial charge in [-0.1, -0.05) is 121 Å². The van der Waals surface area contributed by atoms with Crippen molar-refractivity contribution in [2.45, 2.75) is 32.5 Å². The third-order valence-corrected chi connectivity index (χ3v) is 13.2. The molecule has 0 saturated carbocycles. The Balaban J connectivity index is 0.984. The van der Waals surface area contributed by atoms with E-state index >= 15 is 35.1 Å². The van der Waals surface area contributed by atoms with Crippen molar-refractivity contribution in [2.75, 3.05) is 0 Å². The molecule has 2 N–H and O–H groups in total. The van der Waals surface area contributed by atoms with Crippen molar-refractivity contribution in [1.29, 1.82) is 0 Å².